The normalized spacial score (nSPS) is 12.2. The molecule has 0 aliphatic heterocycles. The predicted octanol–water partition coefficient (Wildman–Crippen LogP) is 1.08. The van der Waals surface area contributed by atoms with Gasteiger partial charge < -0.3 is 10.6 Å². The molecule has 1 rings (SSSR count). The lowest BCUT2D eigenvalue weighted by molar-refractivity contribution is -0.126. The first-order chi connectivity index (χ1) is 9.49. The molecule has 6 nitrogen and oxygen atoms in total. The fourth-order valence-electron chi connectivity index (χ4n) is 1.29. The molecule has 118 valence electrons. The molecule has 0 aromatic heterocycles. The number of nitrogens with two attached hydrogens (primary N) is 1. The second kappa shape index (κ2) is 6.60. The highest BCUT2D eigenvalue weighted by atomic mass is 35.5. The minimum Gasteiger partial charge on any atom is -0.324 e. The Morgan fingerprint density at radius 1 is 1.33 bits per heavy atom. The summed E-state index contributed by atoms with van der Waals surface area (Å²) in [5.41, 5.74) is -0.0676. The van der Waals surface area contributed by atoms with Gasteiger partial charge in [-0.2, -0.15) is 13.2 Å². The molecule has 0 heterocycles. The van der Waals surface area contributed by atoms with Gasteiger partial charge in [-0.3, -0.25) is 4.79 Å². The Morgan fingerprint density at radius 3 is 2.48 bits per heavy atom. The molecule has 0 fully saturated rings. The average molecular weight is 346 g/mol. The molecule has 1 aromatic carbocycles. The Labute approximate surface area is 123 Å². The van der Waals surface area contributed by atoms with Crippen molar-refractivity contribution in [1.82, 2.24) is 5.32 Å². The monoisotopic (exact) mass is 345 g/mol. The molecule has 0 saturated heterocycles. The van der Waals surface area contributed by atoms with Crippen LogP contribution in [0.4, 0.5) is 18.9 Å². The summed E-state index contributed by atoms with van der Waals surface area (Å²) in [5.74, 6) is -0.812. The lowest BCUT2D eigenvalue weighted by Gasteiger charge is -2.10. The zero-order valence-corrected chi connectivity index (χ0v) is 11.9. The summed E-state index contributed by atoms with van der Waals surface area (Å²) < 4.78 is 58.0. The number of anilines is 1. The first-order valence-electron chi connectivity index (χ1n) is 5.39. The summed E-state index contributed by atoms with van der Waals surface area (Å²) in [6.07, 6.45) is -4.44. The summed E-state index contributed by atoms with van der Waals surface area (Å²) >= 11 is 5.75. The van der Waals surface area contributed by atoms with Crippen molar-refractivity contribution in [1.29, 1.82) is 0 Å². The van der Waals surface area contributed by atoms with Gasteiger partial charge in [0.2, 0.25) is 15.9 Å². The Balaban J connectivity index is 2.72. The van der Waals surface area contributed by atoms with Crippen molar-refractivity contribution in [3.63, 3.8) is 0 Å². The van der Waals surface area contributed by atoms with E-state index in [4.69, 9.17) is 16.7 Å². The SMILES string of the molecule is NS(=O)(=O)c1ccc(Cl)c(NC(=O)CNCC(F)(F)F)c1. The highest BCUT2D eigenvalue weighted by Crippen LogP contribution is 2.24. The molecule has 0 unspecified atom stereocenters. The molecule has 0 aliphatic carbocycles. The van der Waals surface area contributed by atoms with Crippen LogP contribution in [-0.2, 0) is 14.8 Å². The van der Waals surface area contributed by atoms with Gasteiger partial charge in [0, 0.05) is 0 Å². The van der Waals surface area contributed by atoms with Crippen molar-refractivity contribution in [2.45, 2.75) is 11.1 Å². The molecule has 1 aromatic rings. The van der Waals surface area contributed by atoms with Crippen molar-refractivity contribution >= 4 is 33.2 Å². The number of halogens is 4. The van der Waals surface area contributed by atoms with Crippen molar-refractivity contribution in [3.8, 4) is 0 Å². The van der Waals surface area contributed by atoms with Crippen molar-refractivity contribution < 1.29 is 26.4 Å². The molecule has 11 heteroatoms. The fraction of sp³-hybridized carbons (Fsp3) is 0.300. The van der Waals surface area contributed by atoms with E-state index < -0.39 is 35.2 Å². The van der Waals surface area contributed by atoms with Gasteiger partial charge in [-0.05, 0) is 18.2 Å². The van der Waals surface area contributed by atoms with Crippen LogP contribution < -0.4 is 15.8 Å². The number of sulfonamides is 1. The third-order valence-electron chi connectivity index (χ3n) is 2.15. The number of nitrogens with one attached hydrogen (secondary N) is 2. The van der Waals surface area contributed by atoms with Crippen LogP contribution in [0.15, 0.2) is 23.1 Å². The van der Waals surface area contributed by atoms with Crippen LogP contribution in [0.5, 0.6) is 0 Å². The van der Waals surface area contributed by atoms with Gasteiger partial charge in [0.25, 0.3) is 0 Å². The molecule has 0 spiro atoms. The second-order valence-electron chi connectivity index (χ2n) is 3.95. The quantitative estimate of drug-likeness (QED) is 0.743. The molecule has 0 radical (unpaired) electrons. The van der Waals surface area contributed by atoms with Gasteiger partial charge in [0.15, 0.2) is 0 Å². The fourth-order valence-corrected chi connectivity index (χ4v) is 1.99. The maximum absolute atomic E-state index is 11.9. The van der Waals surface area contributed by atoms with Crippen molar-refractivity contribution in [2.24, 2.45) is 5.14 Å². The van der Waals surface area contributed by atoms with Gasteiger partial charge in [0.1, 0.15) is 0 Å². The van der Waals surface area contributed by atoms with Crippen LogP contribution in [0.2, 0.25) is 5.02 Å². The summed E-state index contributed by atoms with van der Waals surface area (Å²) in [5, 5.41) is 9.01. The topological polar surface area (TPSA) is 101 Å². The summed E-state index contributed by atoms with van der Waals surface area (Å²) in [7, 11) is -3.99. The maximum Gasteiger partial charge on any atom is 0.401 e. The zero-order valence-electron chi connectivity index (χ0n) is 10.4. The van der Waals surface area contributed by atoms with Gasteiger partial charge in [-0.1, -0.05) is 11.6 Å². The number of carbonyl (C=O) groups excluding carboxylic acids is 1. The van der Waals surface area contributed by atoms with Crippen LogP contribution in [0, 0.1) is 0 Å². The number of hydrogen-bond acceptors (Lipinski definition) is 4. The minimum atomic E-state index is -4.44. The molecule has 0 saturated carbocycles. The zero-order chi connectivity index (χ0) is 16.3. The number of benzene rings is 1. The largest absolute Gasteiger partial charge is 0.401 e. The summed E-state index contributed by atoms with van der Waals surface area (Å²) in [4.78, 5) is 11.1. The third-order valence-corrected chi connectivity index (χ3v) is 3.39. The molecule has 21 heavy (non-hydrogen) atoms. The van der Waals surface area contributed by atoms with Crippen LogP contribution in [0.25, 0.3) is 0 Å². The molecule has 4 N–H and O–H groups in total. The molecule has 1 amide bonds. The highest BCUT2D eigenvalue weighted by Gasteiger charge is 2.26. The number of amides is 1. The Kier molecular flexibility index (Phi) is 5.56. The van der Waals surface area contributed by atoms with E-state index in [1.54, 1.807) is 0 Å². The van der Waals surface area contributed by atoms with Gasteiger partial charge >= 0.3 is 6.18 Å². The molecule has 0 atom stereocenters. The lowest BCUT2D eigenvalue weighted by atomic mass is 10.3. The van der Waals surface area contributed by atoms with E-state index in [9.17, 15) is 26.4 Å². The standard InChI is InChI=1S/C10H11ClF3N3O3S/c11-7-2-1-6(21(15,19)20)3-8(7)17-9(18)4-16-5-10(12,13)14/h1-3,16H,4-5H2,(H,17,18)(H2,15,19,20). The van der Waals surface area contributed by atoms with Gasteiger partial charge in [0.05, 0.1) is 28.7 Å². The molecular weight excluding hydrogens is 335 g/mol. The number of primary sulfonamides is 1. The molecule has 0 bridgehead atoms. The van der Waals surface area contributed by atoms with E-state index >= 15 is 0 Å². The van der Waals surface area contributed by atoms with Crippen LogP contribution >= 0.6 is 11.6 Å². The second-order valence-corrected chi connectivity index (χ2v) is 5.92. The van der Waals surface area contributed by atoms with E-state index in [-0.39, 0.29) is 15.6 Å². The van der Waals surface area contributed by atoms with E-state index in [0.717, 1.165) is 12.1 Å². The number of rotatable bonds is 5. The van der Waals surface area contributed by atoms with Crippen LogP contribution in [0.1, 0.15) is 0 Å². The van der Waals surface area contributed by atoms with E-state index in [1.807, 2.05) is 5.32 Å². The molecular formula is C10H11ClF3N3O3S. The molecule has 0 aliphatic rings. The van der Waals surface area contributed by atoms with Crippen LogP contribution in [0.3, 0.4) is 0 Å². The van der Waals surface area contributed by atoms with E-state index in [2.05, 4.69) is 5.32 Å². The lowest BCUT2D eigenvalue weighted by Crippen LogP contribution is -2.35. The van der Waals surface area contributed by atoms with E-state index in [1.165, 1.54) is 6.07 Å². The Hall–Kier alpha value is -1.36. The predicted molar refractivity (Wildman–Crippen MR) is 70.4 cm³/mol. The van der Waals surface area contributed by atoms with Crippen molar-refractivity contribution in [2.75, 3.05) is 18.4 Å². The summed E-state index contributed by atoms with van der Waals surface area (Å²) in [6, 6.07) is 3.34. The highest BCUT2D eigenvalue weighted by molar-refractivity contribution is 7.89. The van der Waals surface area contributed by atoms with Gasteiger partial charge in [-0.15, -0.1) is 0 Å². The average Bonchev–Trinajstić information content (AvgIpc) is 2.28. The first-order valence-corrected chi connectivity index (χ1v) is 7.31. The number of carbonyl (C=O) groups is 1. The van der Waals surface area contributed by atoms with E-state index in [0.29, 0.717) is 0 Å². The van der Waals surface area contributed by atoms with Crippen LogP contribution in [-0.4, -0.2) is 33.6 Å². The summed E-state index contributed by atoms with van der Waals surface area (Å²) in [6.45, 7) is -1.94. The Morgan fingerprint density at radius 2 is 1.95 bits per heavy atom. The maximum atomic E-state index is 11.9. The number of hydrogen-bond donors (Lipinski definition) is 3. The van der Waals surface area contributed by atoms with Gasteiger partial charge in [-0.25, -0.2) is 13.6 Å². The van der Waals surface area contributed by atoms with Crippen molar-refractivity contribution in [3.05, 3.63) is 23.2 Å². The Bertz CT molecular complexity index is 634. The first kappa shape index (κ1) is 17.7. The number of alkyl halides is 3. The smallest absolute Gasteiger partial charge is 0.324 e. The minimum absolute atomic E-state index is 0.0200. The third kappa shape index (κ3) is 6.29.